The van der Waals surface area contributed by atoms with Crippen molar-refractivity contribution in [1.82, 2.24) is 19.2 Å². The Morgan fingerprint density at radius 3 is 2.69 bits per heavy atom. The minimum Gasteiger partial charge on any atom is -0.497 e. The van der Waals surface area contributed by atoms with Gasteiger partial charge in [-0.25, -0.2) is 4.68 Å². The van der Waals surface area contributed by atoms with Crippen LogP contribution >= 0.6 is 12.2 Å². The summed E-state index contributed by atoms with van der Waals surface area (Å²) in [7, 11) is 5.46. The third kappa shape index (κ3) is 3.14. The maximum absolute atomic E-state index is 5.63. The zero-order chi connectivity index (χ0) is 18.3. The predicted octanol–water partition coefficient (Wildman–Crippen LogP) is 3.64. The molecule has 0 N–H and O–H groups in total. The Bertz CT molecular complexity index is 856. The lowest BCUT2D eigenvalue weighted by Crippen LogP contribution is -2.27. The number of methoxy groups -OCH3 is 2. The fourth-order valence-electron chi connectivity index (χ4n) is 3.91. The number of rotatable bonds is 6. The van der Waals surface area contributed by atoms with Crippen LogP contribution in [0.3, 0.4) is 0 Å². The highest BCUT2D eigenvalue weighted by Gasteiger charge is 2.32. The standard InChI is InChI=1S/C19H26N4O2S/c1-21-18(13-6-7-13)20-23(19(21)26)12-22-10-4-5-16(22)15-11-14(24-2)8-9-17(15)25-3/h8-9,11,13,16H,4-7,10,12H2,1-3H3/t16-/m0/s1. The fraction of sp³-hybridized carbons (Fsp3) is 0.579. The predicted molar refractivity (Wildman–Crippen MR) is 102 cm³/mol. The minimum atomic E-state index is 0.285. The summed E-state index contributed by atoms with van der Waals surface area (Å²) < 4.78 is 15.9. The first-order valence-electron chi connectivity index (χ1n) is 9.22. The van der Waals surface area contributed by atoms with Crippen LogP contribution in [0.2, 0.25) is 0 Å². The molecule has 2 aromatic rings. The summed E-state index contributed by atoms with van der Waals surface area (Å²) in [5, 5.41) is 4.82. The first-order chi connectivity index (χ1) is 12.6. The van der Waals surface area contributed by atoms with Gasteiger partial charge >= 0.3 is 0 Å². The fourth-order valence-corrected chi connectivity index (χ4v) is 4.11. The Balaban J connectivity index is 1.62. The van der Waals surface area contributed by atoms with E-state index in [1.165, 1.54) is 18.4 Å². The molecule has 140 valence electrons. The third-order valence-corrected chi connectivity index (χ3v) is 5.98. The van der Waals surface area contributed by atoms with Gasteiger partial charge < -0.3 is 14.0 Å². The molecule has 1 atom stereocenters. The molecular weight excluding hydrogens is 348 g/mol. The quantitative estimate of drug-likeness (QED) is 0.723. The molecule has 0 bridgehead atoms. The number of hydrogen-bond acceptors (Lipinski definition) is 5. The van der Waals surface area contributed by atoms with Crippen LogP contribution in [0.4, 0.5) is 0 Å². The van der Waals surface area contributed by atoms with E-state index in [1.807, 2.05) is 23.9 Å². The Morgan fingerprint density at radius 2 is 2.00 bits per heavy atom. The maximum atomic E-state index is 5.63. The minimum absolute atomic E-state index is 0.285. The van der Waals surface area contributed by atoms with Gasteiger partial charge in [0.15, 0.2) is 4.77 Å². The molecule has 2 aliphatic rings. The van der Waals surface area contributed by atoms with Crippen molar-refractivity contribution in [3.63, 3.8) is 0 Å². The molecule has 0 spiro atoms. The van der Waals surface area contributed by atoms with Gasteiger partial charge in [-0.3, -0.25) is 4.90 Å². The van der Waals surface area contributed by atoms with Crippen LogP contribution in [-0.4, -0.2) is 40.0 Å². The van der Waals surface area contributed by atoms with Gasteiger partial charge in [0.2, 0.25) is 0 Å². The lowest BCUT2D eigenvalue weighted by molar-refractivity contribution is 0.186. The molecule has 6 nitrogen and oxygen atoms in total. The van der Waals surface area contributed by atoms with E-state index in [4.69, 9.17) is 26.8 Å². The third-order valence-electron chi connectivity index (χ3n) is 5.49. The van der Waals surface area contributed by atoms with Gasteiger partial charge in [-0.1, -0.05) is 0 Å². The molecule has 0 amide bonds. The number of hydrogen-bond donors (Lipinski definition) is 0. The van der Waals surface area contributed by atoms with E-state index in [1.54, 1.807) is 14.2 Å². The van der Waals surface area contributed by atoms with E-state index >= 15 is 0 Å². The highest BCUT2D eigenvalue weighted by Crippen LogP contribution is 2.40. The van der Waals surface area contributed by atoms with Gasteiger partial charge in [0.1, 0.15) is 17.3 Å². The summed E-state index contributed by atoms with van der Waals surface area (Å²) in [5.74, 6) is 3.49. The van der Waals surface area contributed by atoms with Crippen molar-refractivity contribution >= 4 is 12.2 Å². The summed E-state index contributed by atoms with van der Waals surface area (Å²) in [6, 6.07) is 6.31. The summed E-state index contributed by atoms with van der Waals surface area (Å²) in [5.41, 5.74) is 1.18. The Kier molecular flexibility index (Phi) is 4.75. The molecule has 7 heteroatoms. The van der Waals surface area contributed by atoms with Crippen LogP contribution in [0.15, 0.2) is 18.2 Å². The average Bonchev–Trinajstić information content (AvgIpc) is 3.34. The smallest absolute Gasteiger partial charge is 0.198 e. The number of nitrogens with zero attached hydrogens (tertiary/aromatic N) is 4. The van der Waals surface area contributed by atoms with E-state index < -0.39 is 0 Å². The van der Waals surface area contributed by atoms with Crippen molar-refractivity contribution in [3.05, 3.63) is 34.4 Å². The van der Waals surface area contributed by atoms with Crippen LogP contribution in [0.1, 0.15) is 49.0 Å². The van der Waals surface area contributed by atoms with E-state index in [2.05, 4.69) is 15.5 Å². The van der Waals surface area contributed by atoms with E-state index in [-0.39, 0.29) is 6.04 Å². The van der Waals surface area contributed by atoms with Gasteiger partial charge in [0.05, 0.1) is 20.9 Å². The largest absolute Gasteiger partial charge is 0.497 e. The SMILES string of the molecule is COc1ccc(OC)c([C@@H]2CCCN2Cn2nc(C3CC3)n(C)c2=S)c1. The van der Waals surface area contributed by atoms with E-state index in [0.29, 0.717) is 12.6 Å². The molecule has 2 fully saturated rings. The first kappa shape index (κ1) is 17.5. The molecule has 4 rings (SSSR count). The number of benzene rings is 1. The zero-order valence-corrected chi connectivity index (χ0v) is 16.5. The molecule has 1 aliphatic heterocycles. The van der Waals surface area contributed by atoms with Crippen molar-refractivity contribution in [2.45, 2.75) is 44.3 Å². The van der Waals surface area contributed by atoms with Crippen LogP contribution in [0.25, 0.3) is 0 Å². The van der Waals surface area contributed by atoms with Crippen LogP contribution in [0.5, 0.6) is 11.5 Å². The number of likely N-dealkylation sites (tertiary alicyclic amines) is 1. The van der Waals surface area contributed by atoms with Crippen LogP contribution in [-0.2, 0) is 13.7 Å². The van der Waals surface area contributed by atoms with Gasteiger partial charge in [0.25, 0.3) is 0 Å². The van der Waals surface area contributed by atoms with Crippen molar-refractivity contribution in [2.24, 2.45) is 7.05 Å². The highest BCUT2D eigenvalue weighted by atomic mass is 32.1. The van der Waals surface area contributed by atoms with Gasteiger partial charge in [0, 0.05) is 31.1 Å². The number of aromatic nitrogens is 3. The first-order valence-corrected chi connectivity index (χ1v) is 9.63. The molecule has 26 heavy (non-hydrogen) atoms. The molecule has 0 radical (unpaired) electrons. The second-order valence-electron chi connectivity index (χ2n) is 7.19. The lowest BCUT2D eigenvalue weighted by Gasteiger charge is -2.26. The highest BCUT2D eigenvalue weighted by molar-refractivity contribution is 7.71. The normalized spacial score (nSPS) is 20.5. The van der Waals surface area contributed by atoms with E-state index in [9.17, 15) is 0 Å². The van der Waals surface area contributed by atoms with Crippen molar-refractivity contribution in [3.8, 4) is 11.5 Å². The molecule has 2 heterocycles. The van der Waals surface area contributed by atoms with Crippen molar-refractivity contribution in [2.75, 3.05) is 20.8 Å². The monoisotopic (exact) mass is 374 g/mol. The zero-order valence-electron chi connectivity index (χ0n) is 15.6. The molecule has 1 aromatic heterocycles. The Hall–Kier alpha value is -1.86. The summed E-state index contributed by atoms with van der Waals surface area (Å²) >= 11 is 5.63. The molecule has 1 aliphatic carbocycles. The topological polar surface area (TPSA) is 44.5 Å². The second-order valence-corrected chi connectivity index (χ2v) is 7.56. The molecule has 0 unspecified atom stereocenters. The van der Waals surface area contributed by atoms with Crippen LogP contribution < -0.4 is 9.47 Å². The van der Waals surface area contributed by atoms with E-state index in [0.717, 1.165) is 41.5 Å². The summed E-state index contributed by atoms with van der Waals surface area (Å²) in [6.45, 7) is 1.74. The Morgan fingerprint density at radius 1 is 1.19 bits per heavy atom. The summed E-state index contributed by atoms with van der Waals surface area (Å²) in [4.78, 5) is 2.44. The number of ether oxygens (including phenoxy) is 2. The lowest BCUT2D eigenvalue weighted by atomic mass is 10.0. The maximum Gasteiger partial charge on any atom is 0.198 e. The van der Waals surface area contributed by atoms with Crippen molar-refractivity contribution in [1.29, 1.82) is 0 Å². The molecule has 1 aromatic carbocycles. The van der Waals surface area contributed by atoms with Gasteiger partial charge in [-0.15, -0.1) is 0 Å². The molecular formula is C19H26N4O2S. The van der Waals surface area contributed by atoms with Gasteiger partial charge in [-0.2, -0.15) is 5.10 Å². The summed E-state index contributed by atoms with van der Waals surface area (Å²) in [6.07, 6.45) is 4.71. The van der Waals surface area contributed by atoms with Crippen LogP contribution in [0, 0.1) is 4.77 Å². The molecule has 1 saturated carbocycles. The molecule has 1 saturated heterocycles. The average molecular weight is 375 g/mol. The second kappa shape index (κ2) is 7.04. The Labute approximate surface area is 159 Å². The van der Waals surface area contributed by atoms with Crippen molar-refractivity contribution < 1.29 is 9.47 Å². The van der Waals surface area contributed by atoms with Gasteiger partial charge in [-0.05, 0) is 56.1 Å².